The standard InChI is InChI=1S/C99H76BN3/c1-97(2,3)71-53-50-65(51-54-71)69-52-58-90-86(60-69)100-85-57-56-75(101-87-48-26-23-41-80(87)81-42-24-27-49-88(81)101)64-91(85)102(89-59-55-74(98(4,5)6)63-83(89)68-34-16-9-17-35-68)92-61-70(62-93(95(92)100)103(90)96-77(66-30-12-7-13-31-66)44-29-45-78(96)67-32-14-8-15-33-67)76-43-28-46-82-79-40-22-25-47-84(79)99(94(76)82,72-36-18-10-19-37-72)73-38-20-11-21-39-73/h7-64H,1-6H3. The van der Waals surface area contributed by atoms with Crippen LogP contribution in [-0.2, 0) is 16.2 Å². The molecule has 1 aromatic heterocycles. The molecule has 0 bridgehead atoms. The molecule has 0 fully saturated rings. The lowest BCUT2D eigenvalue weighted by molar-refractivity contribution is 0.590. The first-order chi connectivity index (χ1) is 50.4. The third kappa shape index (κ3) is 9.79. The first-order valence-electron chi connectivity index (χ1n) is 36.3. The van der Waals surface area contributed by atoms with Gasteiger partial charge in [-0.25, -0.2) is 0 Å². The summed E-state index contributed by atoms with van der Waals surface area (Å²) in [5.74, 6) is 0. The second kappa shape index (κ2) is 24.0. The van der Waals surface area contributed by atoms with Crippen LogP contribution in [0.3, 0.4) is 0 Å². The number of nitrogens with zero attached hydrogens (tertiary/aromatic N) is 3. The van der Waals surface area contributed by atoms with E-state index in [1.807, 2.05) is 0 Å². The van der Waals surface area contributed by atoms with Crippen molar-refractivity contribution in [2.45, 2.75) is 57.8 Å². The van der Waals surface area contributed by atoms with Crippen LogP contribution in [0.5, 0.6) is 0 Å². The average Bonchev–Trinajstić information content (AvgIpc) is 0.747. The van der Waals surface area contributed by atoms with Crippen molar-refractivity contribution in [3.8, 4) is 72.4 Å². The molecule has 0 unspecified atom stereocenters. The predicted molar refractivity (Wildman–Crippen MR) is 437 cm³/mol. The van der Waals surface area contributed by atoms with Gasteiger partial charge in [-0.2, -0.15) is 0 Å². The molecule has 3 nitrogen and oxygen atoms in total. The quantitative estimate of drug-likeness (QED) is 0.126. The normalized spacial score (nSPS) is 13.4. The Morgan fingerprint density at radius 1 is 0.282 bits per heavy atom. The SMILES string of the molecule is CC(C)(C)c1ccc(-c2ccc3c(c2)B2c4ccc(-n5c6ccccc6c6ccccc65)cc4N(c4ccc(C(C)(C)C)cc4-c4ccccc4)c4cc(-c5cccc6c5C(c5ccccc5)(c5ccccc5)c5ccccc5-6)cc(c42)N3c2c(-c3ccccc3)cccc2-c2ccccc2)cc1. The Kier molecular flexibility index (Phi) is 14.4. The van der Waals surface area contributed by atoms with E-state index in [0.29, 0.717) is 0 Å². The van der Waals surface area contributed by atoms with E-state index < -0.39 is 5.41 Å². The van der Waals surface area contributed by atoms with Crippen molar-refractivity contribution in [3.05, 3.63) is 385 Å². The summed E-state index contributed by atoms with van der Waals surface area (Å²) in [6.45, 7) is 13.7. The predicted octanol–water partition coefficient (Wildman–Crippen LogP) is 24.2. The molecule has 3 heterocycles. The summed E-state index contributed by atoms with van der Waals surface area (Å²) in [5, 5.41) is 2.46. The molecule has 19 rings (SSSR count). The first kappa shape index (κ1) is 61.8. The Hall–Kier alpha value is -12.2. The van der Waals surface area contributed by atoms with Gasteiger partial charge in [-0.05, 0) is 165 Å². The minimum atomic E-state index is -0.707. The second-order valence-electron chi connectivity index (χ2n) is 30.3. The zero-order valence-electron chi connectivity index (χ0n) is 58.9. The van der Waals surface area contributed by atoms with Gasteiger partial charge in [0.2, 0.25) is 0 Å². The number of hydrogen-bond acceptors (Lipinski definition) is 2. The Labute approximate surface area is 605 Å². The molecule has 103 heavy (non-hydrogen) atoms. The van der Waals surface area contributed by atoms with Gasteiger partial charge in [0.25, 0.3) is 6.71 Å². The van der Waals surface area contributed by atoms with E-state index in [-0.39, 0.29) is 17.5 Å². The molecule has 0 atom stereocenters. The lowest BCUT2D eigenvalue weighted by Crippen LogP contribution is -2.61. The van der Waals surface area contributed by atoms with E-state index >= 15 is 0 Å². The van der Waals surface area contributed by atoms with Crippen molar-refractivity contribution < 1.29 is 0 Å². The number of rotatable bonds is 10. The molecule has 490 valence electrons. The zero-order valence-corrected chi connectivity index (χ0v) is 58.9. The molecule has 1 aliphatic carbocycles. The molecule has 0 amide bonds. The van der Waals surface area contributed by atoms with Gasteiger partial charge in [0.05, 0.1) is 27.8 Å². The number of aromatic nitrogens is 1. The maximum atomic E-state index is 2.70. The Bertz CT molecular complexity index is 5850. The van der Waals surface area contributed by atoms with E-state index in [4.69, 9.17) is 0 Å². The van der Waals surface area contributed by atoms with Crippen LogP contribution in [0.4, 0.5) is 34.1 Å². The van der Waals surface area contributed by atoms with Gasteiger partial charge in [-0.15, -0.1) is 0 Å². The maximum Gasteiger partial charge on any atom is 0.252 e. The van der Waals surface area contributed by atoms with Gasteiger partial charge < -0.3 is 14.4 Å². The Balaban J connectivity index is 1.00. The molecule has 0 spiro atoms. The fourth-order valence-electron chi connectivity index (χ4n) is 17.6. The summed E-state index contributed by atoms with van der Waals surface area (Å²) in [6, 6.07) is 134. The van der Waals surface area contributed by atoms with E-state index in [0.717, 1.165) is 78.8 Å². The van der Waals surface area contributed by atoms with E-state index in [9.17, 15) is 0 Å². The van der Waals surface area contributed by atoms with Crippen molar-refractivity contribution in [1.82, 2.24) is 4.57 Å². The average molecular weight is 1320 g/mol. The number of fused-ring (bicyclic) bond motifs is 10. The van der Waals surface area contributed by atoms with Gasteiger partial charge in [0, 0.05) is 55.9 Å². The lowest BCUT2D eigenvalue weighted by atomic mass is 9.33. The van der Waals surface area contributed by atoms with E-state index in [2.05, 4.69) is 408 Å². The summed E-state index contributed by atoms with van der Waals surface area (Å²) >= 11 is 0. The Morgan fingerprint density at radius 2 is 0.757 bits per heavy atom. The molecule has 15 aromatic carbocycles. The summed E-state index contributed by atoms with van der Waals surface area (Å²) < 4.78 is 2.50. The van der Waals surface area contributed by atoms with Crippen LogP contribution < -0.4 is 26.2 Å². The van der Waals surface area contributed by atoms with Gasteiger partial charge in [-0.3, -0.25) is 0 Å². The van der Waals surface area contributed by atoms with E-state index in [1.165, 1.54) is 99.4 Å². The molecule has 0 radical (unpaired) electrons. The van der Waals surface area contributed by atoms with Crippen LogP contribution in [0.2, 0.25) is 0 Å². The van der Waals surface area contributed by atoms with Crippen molar-refractivity contribution in [2.24, 2.45) is 0 Å². The van der Waals surface area contributed by atoms with Gasteiger partial charge in [0.1, 0.15) is 0 Å². The van der Waals surface area contributed by atoms with Crippen LogP contribution >= 0.6 is 0 Å². The number of benzene rings is 15. The molecule has 0 saturated carbocycles. The van der Waals surface area contributed by atoms with Crippen LogP contribution in [0, 0.1) is 0 Å². The highest BCUT2D eigenvalue weighted by molar-refractivity contribution is 7.00. The number of para-hydroxylation sites is 3. The fraction of sp³-hybridized carbons (Fsp3) is 0.0909. The topological polar surface area (TPSA) is 11.4 Å². The second-order valence-corrected chi connectivity index (χ2v) is 30.3. The highest BCUT2D eigenvalue weighted by Gasteiger charge is 2.50. The van der Waals surface area contributed by atoms with Crippen molar-refractivity contribution >= 4 is 79.0 Å². The largest absolute Gasteiger partial charge is 0.311 e. The monoisotopic (exact) mass is 1320 g/mol. The van der Waals surface area contributed by atoms with Crippen LogP contribution in [0.25, 0.3) is 94.3 Å². The van der Waals surface area contributed by atoms with E-state index in [1.54, 1.807) is 0 Å². The fourth-order valence-corrected chi connectivity index (χ4v) is 17.6. The third-order valence-electron chi connectivity index (χ3n) is 22.4. The summed E-state index contributed by atoms with van der Waals surface area (Å²) in [6.07, 6.45) is 0. The van der Waals surface area contributed by atoms with Crippen molar-refractivity contribution in [3.63, 3.8) is 0 Å². The number of hydrogen-bond donors (Lipinski definition) is 0. The molecule has 0 N–H and O–H groups in total. The van der Waals surface area contributed by atoms with Crippen LogP contribution in [0.1, 0.15) is 74.9 Å². The maximum absolute atomic E-state index is 2.70. The highest BCUT2D eigenvalue weighted by atomic mass is 15.2. The molecule has 3 aliphatic rings. The summed E-state index contributed by atoms with van der Waals surface area (Å²) in [5.41, 5.74) is 34.6. The summed E-state index contributed by atoms with van der Waals surface area (Å²) in [7, 11) is 0. The zero-order chi connectivity index (χ0) is 69.3. The molecule has 2 aliphatic heterocycles. The van der Waals surface area contributed by atoms with Gasteiger partial charge in [0.15, 0.2) is 0 Å². The molecule has 16 aromatic rings. The number of anilines is 6. The Morgan fingerprint density at radius 3 is 1.35 bits per heavy atom. The third-order valence-corrected chi connectivity index (χ3v) is 22.4. The molecule has 4 heteroatoms. The minimum absolute atomic E-state index is 0.00590. The van der Waals surface area contributed by atoms with Gasteiger partial charge >= 0.3 is 0 Å². The first-order valence-corrected chi connectivity index (χ1v) is 36.3. The highest BCUT2D eigenvalue weighted by Crippen LogP contribution is 2.60. The summed E-state index contributed by atoms with van der Waals surface area (Å²) in [4.78, 5) is 5.39. The lowest BCUT2D eigenvalue weighted by Gasteiger charge is -2.46. The smallest absolute Gasteiger partial charge is 0.252 e. The minimum Gasteiger partial charge on any atom is -0.311 e. The molecule has 0 saturated heterocycles. The van der Waals surface area contributed by atoms with Crippen LogP contribution in [0.15, 0.2) is 352 Å². The molecular weight excluding hydrogens is 1240 g/mol. The van der Waals surface area contributed by atoms with Crippen molar-refractivity contribution in [2.75, 3.05) is 9.80 Å². The van der Waals surface area contributed by atoms with Crippen LogP contribution in [-0.4, -0.2) is 11.3 Å². The molecular formula is C99H76BN3. The van der Waals surface area contributed by atoms with Gasteiger partial charge in [-0.1, -0.05) is 339 Å². The van der Waals surface area contributed by atoms with Crippen molar-refractivity contribution in [1.29, 1.82) is 0 Å².